The molecule has 0 spiro atoms. The van der Waals surface area contributed by atoms with Crippen molar-refractivity contribution in [3.8, 4) is 11.3 Å². The average molecular weight is 367 g/mol. The van der Waals surface area contributed by atoms with Crippen molar-refractivity contribution >= 4 is 11.4 Å². The van der Waals surface area contributed by atoms with Crippen LogP contribution in [-0.2, 0) is 0 Å². The van der Waals surface area contributed by atoms with E-state index in [1.165, 1.54) is 18.3 Å². The molecule has 1 atom stereocenters. The second kappa shape index (κ2) is 8.68. The molecular weight excluding hydrogens is 341 g/mol. The summed E-state index contributed by atoms with van der Waals surface area (Å²) in [5.74, 6) is 0.493. The number of rotatable bonds is 6. The normalized spacial score (nSPS) is 18.7. The molecule has 1 aliphatic rings. The lowest BCUT2D eigenvalue weighted by Gasteiger charge is -2.30. The Morgan fingerprint density at radius 2 is 2.19 bits per heavy atom. The van der Waals surface area contributed by atoms with E-state index in [9.17, 15) is 4.39 Å². The van der Waals surface area contributed by atoms with Gasteiger partial charge in [-0.2, -0.15) is 5.10 Å². The number of benzene rings is 1. The van der Waals surface area contributed by atoms with Crippen LogP contribution in [0.15, 0.2) is 55.3 Å². The molecule has 4 N–H and O–H groups in total. The van der Waals surface area contributed by atoms with Gasteiger partial charge in [-0.15, -0.1) is 0 Å². The highest BCUT2D eigenvalue weighted by molar-refractivity contribution is 5.90. The summed E-state index contributed by atoms with van der Waals surface area (Å²) < 4.78 is 13.4. The minimum Gasteiger partial charge on any atom is -0.405 e. The second-order valence-corrected chi connectivity index (χ2v) is 6.79. The van der Waals surface area contributed by atoms with Crippen LogP contribution < -0.4 is 11.1 Å². The van der Waals surface area contributed by atoms with Gasteiger partial charge in [0, 0.05) is 18.2 Å². The van der Waals surface area contributed by atoms with E-state index >= 15 is 0 Å². The Labute approximate surface area is 159 Å². The quantitative estimate of drug-likeness (QED) is 0.680. The Kier molecular flexibility index (Phi) is 6.08. The van der Waals surface area contributed by atoms with E-state index in [1.54, 1.807) is 18.2 Å². The molecule has 27 heavy (non-hydrogen) atoms. The van der Waals surface area contributed by atoms with Crippen LogP contribution in [0.4, 0.5) is 10.2 Å². The number of anilines is 1. The number of halogens is 1. The molecule has 0 amide bonds. The molecule has 3 rings (SSSR count). The fourth-order valence-electron chi connectivity index (χ4n) is 3.48. The maximum Gasteiger partial charge on any atom is 0.156 e. The Hall–Kier alpha value is -2.86. The molecule has 1 unspecified atom stereocenters. The molecule has 1 aliphatic heterocycles. The van der Waals surface area contributed by atoms with Crippen molar-refractivity contribution in [1.82, 2.24) is 15.1 Å². The van der Waals surface area contributed by atoms with Crippen LogP contribution in [0.1, 0.15) is 18.4 Å². The van der Waals surface area contributed by atoms with Gasteiger partial charge in [0.15, 0.2) is 5.82 Å². The summed E-state index contributed by atoms with van der Waals surface area (Å²) in [7, 11) is 2.13. The van der Waals surface area contributed by atoms with E-state index in [0.29, 0.717) is 6.04 Å². The molecule has 2 aromatic rings. The summed E-state index contributed by atoms with van der Waals surface area (Å²) in [6.07, 6.45) is 9.16. The topological polar surface area (TPSA) is 70.0 Å². The summed E-state index contributed by atoms with van der Waals surface area (Å²) in [4.78, 5) is 2.31. The highest BCUT2D eigenvalue weighted by Crippen LogP contribution is 2.34. The van der Waals surface area contributed by atoms with Gasteiger partial charge < -0.3 is 16.0 Å². The number of nitrogens with two attached hydrogens (primary N) is 1. The highest BCUT2D eigenvalue weighted by Gasteiger charge is 2.22. The van der Waals surface area contributed by atoms with Gasteiger partial charge in [-0.05, 0) is 68.5 Å². The van der Waals surface area contributed by atoms with Crippen LogP contribution >= 0.6 is 0 Å². The molecule has 142 valence electrons. The first-order valence-corrected chi connectivity index (χ1v) is 9.13. The highest BCUT2D eigenvalue weighted by atomic mass is 19.1. The van der Waals surface area contributed by atoms with Crippen molar-refractivity contribution in [2.24, 2.45) is 5.73 Å². The van der Waals surface area contributed by atoms with Crippen LogP contribution in [0, 0.1) is 5.82 Å². The van der Waals surface area contributed by atoms with Crippen molar-refractivity contribution in [3.63, 3.8) is 0 Å². The number of H-pyrrole nitrogens is 1. The predicted molar refractivity (Wildman–Crippen MR) is 110 cm³/mol. The monoisotopic (exact) mass is 367 g/mol. The first-order valence-electron chi connectivity index (χ1n) is 9.13. The summed E-state index contributed by atoms with van der Waals surface area (Å²) in [5, 5.41) is 11.2. The predicted octanol–water partition coefficient (Wildman–Crippen LogP) is 3.76. The molecule has 0 aliphatic carbocycles. The van der Waals surface area contributed by atoms with Crippen molar-refractivity contribution in [2.75, 3.05) is 25.5 Å². The molecule has 0 saturated carbocycles. The third-order valence-electron chi connectivity index (χ3n) is 4.73. The lowest BCUT2D eigenvalue weighted by Crippen LogP contribution is -2.39. The first-order chi connectivity index (χ1) is 13.1. The molecule has 1 fully saturated rings. The molecule has 5 nitrogen and oxygen atoms in total. The fourth-order valence-corrected chi connectivity index (χ4v) is 3.48. The Bertz CT molecular complexity index is 835. The number of aromatic amines is 1. The minimum atomic E-state index is -0.271. The van der Waals surface area contributed by atoms with Gasteiger partial charge in [0.05, 0.1) is 11.3 Å². The van der Waals surface area contributed by atoms with Gasteiger partial charge in [0.25, 0.3) is 0 Å². The zero-order valence-electron chi connectivity index (χ0n) is 15.6. The molecule has 1 aromatic carbocycles. The molecule has 1 aromatic heterocycles. The summed E-state index contributed by atoms with van der Waals surface area (Å²) in [6.45, 7) is 5.88. The Morgan fingerprint density at radius 1 is 1.41 bits per heavy atom. The summed E-state index contributed by atoms with van der Waals surface area (Å²) in [6, 6.07) is 6.68. The number of piperidine rings is 1. The Morgan fingerprint density at radius 3 is 2.85 bits per heavy atom. The van der Waals surface area contributed by atoms with Crippen LogP contribution in [0.5, 0.6) is 0 Å². The van der Waals surface area contributed by atoms with E-state index in [0.717, 1.165) is 54.1 Å². The molecule has 6 heteroatoms. The SMILES string of the molecule is C=C/C=C(\C=C/N)c1c(NC2CCCN(C)C2)n[nH]c1-c1ccc(F)cc1. The van der Waals surface area contributed by atoms with Crippen LogP contribution in [0.3, 0.4) is 0 Å². The summed E-state index contributed by atoms with van der Waals surface area (Å²) in [5.41, 5.74) is 9.11. The van der Waals surface area contributed by atoms with E-state index < -0.39 is 0 Å². The second-order valence-electron chi connectivity index (χ2n) is 6.79. The van der Waals surface area contributed by atoms with Crippen molar-refractivity contribution < 1.29 is 4.39 Å². The smallest absolute Gasteiger partial charge is 0.156 e. The van der Waals surface area contributed by atoms with E-state index in [4.69, 9.17) is 5.73 Å². The number of hydrogen-bond acceptors (Lipinski definition) is 4. The largest absolute Gasteiger partial charge is 0.405 e. The van der Waals surface area contributed by atoms with E-state index in [-0.39, 0.29) is 5.82 Å². The van der Waals surface area contributed by atoms with Crippen LogP contribution in [-0.4, -0.2) is 41.3 Å². The summed E-state index contributed by atoms with van der Waals surface area (Å²) >= 11 is 0. The van der Waals surface area contributed by atoms with E-state index in [1.807, 2.05) is 12.2 Å². The van der Waals surface area contributed by atoms with Gasteiger partial charge in [-0.25, -0.2) is 4.39 Å². The van der Waals surface area contributed by atoms with E-state index in [2.05, 4.69) is 34.0 Å². The lowest BCUT2D eigenvalue weighted by molar-refractivity contribution is 0.260. The first kappa shape index (κ1) is 18.9. The third-order valence-corrected chi connectivity index (χ3v) is 4.73. The zero-order valence-corrected chi connectivity index (χ0v) is 15.6. The molecule has 1 saturated heterocycles. The van der Waals surface area contributed by atoms with Crippen LogP contribution in [0.25, 0.3) is 16.8 Å². The van der Waals surface area contributed by atoms with Crippen molar-refractivity contribution in [1.29, 1.82) is 0 Å². The zero-order chi connectivity index (χ0) is 19.2. The van der Waals surface area contributed by atoms with Crippen molar-refractivity contribution in [3.05, 3.63) is 66.7 Å². The van der Waals surface area contributed by atoms with Gasteiger partial charge in [-0.3, -0.25) is 5.10 Å². The van der Waals surface area contributed by atoms with Crippen molar-refractivity contribution in [2.45, 2.75) is 18.9 Å². The number of aromatic nitrogens is 2. The maximum absolute atomic E-state index is 13.4. The van der Waals surface area contributed by atoms with Gasteiger partial charge in [0.2, 0.25) is 0 Å². The number of nitrogens with one attached hydrogen (secondary N) is 2. The molecule has 2 heterocycles. The molecule has 0 bridgehead atoms. The number of likely N-dealkylation sites (tertiary alicyclic amines) is 1. The minimum absolute atomic E-state index is 0.271. The van der Waals surface area contributed by atoms with Gasteiger partial charge in [-0.1, -0.05) is 18.7 Å². The van der Waals surface area contributed by atoms with Crippen LogP contribution in [0.2, 0.25) is 0 Å². The fraction of sp³-hybridized carbons (Fsp3) is 0.286. The maximum atomic E-state index is 13.4. The average Bonchev–Trinajstić information content (AvgIpc) is 3.05. The van der Waals surface area contributed by atoms with Gasteiger partial charge in [0.1, 0.15) is 5.82 Å². The Balaban J connectivity index is 2.03. The third kappa shape index (κ3) is 4.46. The standard InChI is InChI=1S/C21H26FN5/c1-3-5-15(11-12-23)19-20(16-7-9-17(22)10-8-16)25-26-21(19)24-18-6-4-13-27(2)14-18/h3,5,7-12,18H,1,4,6,13-14,23H2,2H3,(H2,24,25,26)/b12-11-,15-5+. The molecular formula is C21H26FN5. The number of likely N-dealkylation sites (N-methyl/N-ethyl adjacent to an activating group) is 1. The number of hydrogen-bond donors (Lipinski definition) is 3. The van der Waals surface area contributed by atoms with Gasteiger partial charge >= 0.3 is 0 Å². The molecule has 0 radical (unpaired) electrons. The number of nitrogens with zero attached hydrogens (tertiary/aromatic N) is 2. The number of allylic oxidation sites excluding steroid dienone is 4. The lowest BCUT2D eigenvalue weighted by atomic mass is 9.99.